The number of hydrogen-bond acceptors (Lipinski definition) is 3. The number of phenols is 1. The predicted molar refractivity (Wildman–Crippen MR) is 63.5 cm³/mol. The third-order valence-electron chi connectivity index (χ3n) is 2.16. The molecule has 82 valence electrons. The van der Waals surface area contributed by atoms with Gasteiger partial charge in [0, 0.05) is 0 Å². The molecule has 1 saturated heterocycles. The van der Waals surface area contributed by atoms with Crippen molar-refractivity contribution in [2.45, 2.75) is 13.0 Å². The molecule has 1 unspecified atom stereocenters. The summed E-state index contributed by atoms with van der Waals surface area (Å²) < 4.78 is 12.0. The second-order valence-electron chi connectivity index (χ2n) is 3.43. The van der Waals surface area contributed by atoms with Crippen molar-refractivity contribution in [3.05, 3.63) is 20.6 Å². The van der Waals surface area contributed by atoms with E-state index < -0.39 is 0 Å². The Morgan fingerprint density at radius 1 is 1.60 bits per heavy atom. The summed E-state index contributed by atoms with van der Waals surface area (Å²) in [5.41, 5.74) is 0.795. The molecule has 1 heterocycles. The molecule has 1 aliphatic heterocycles. The molecule has 0 spiro atoms. The van der Waals surface area contributed by atoms with Crippen LogP contribution in [0.3, 0.4) is 0 Å². The Labute approximate surface area is 105 Å². The largest absolute Gasteiger partial charge is 0.506 e. The van der Waals surface area contributed by atoms with Crippen LogP contribution in [0, 0.1) is 6.92 Å². The zero-order chi connectivity index (χ0) is 11.0. The van der Waals surface area contributed by atoms with Crippen molar-refractivity contribution < 1.29 is 14.6 Å². The van der Waals surface area contributed by atoms with Crippen molar-refractivity contribution in [3.8, 4) is 11.5 Å². The number of hydrogen-bond donors (Lipinski definition) is 1. The Hall–Kier alpha value is -0.260. The highest BCUT2D eigenvalue weighted by Gasteiger charge is 2.24. The van der Waals surface area contributed by atoms with Gasteiger partial charge in [-0.05, 0) is 50.4 Å². The van der Waals surface area contributed by atoms with Crippen molar-refractivity contribution in [2.75, 3.05) is 13.2 Å². The quantitative estimate of drug-likeness (QED) is 0.862. The van der Waals surface area contributed by atoms with Gasteiger partial charge in [0.15, 0.2) is 5.75 Å². The van der Waals surface area contributed by atoms with Crippen LogP contribution in [-0.4, -0.2) is 24.4 Å². The molecule has 1 fully saturated rings. The van der Waals surface area contributed by atoms with Crippen molar-refractivity contribution in [1.82, 2.24) is 0 Å². The smallest absolute Gasteiger partial charge is 0.151 e. The lowest BCUT2D eigenvalue weighted by Crippen LogP contribution is -2.05. The molecule has 1 aromatic rings. The minimum atomic E-state index is 0.201. The lowest BCUT2D eigenvalue weighted by atomic mass is 10.2. The average Bonchev–Trinajstić information content (AvgIpc) is 2.98. The summed E-state index contributed by atoms with van der Waals surface area (Å²) in [6, 6.07) is 1.82. The molecule has 1 N–H and O–H groups in total. The van der Waals surface area contributed by atoms with Crippen LogP contribution in [-0.2, 0) is 4.74 Å². The summed E-state index contributed by atoms with van der Waals surface area (Å²) in [6.07, 6.45) is 0.201. The first-order valence-electron chi connectivity index (χ1n) is 4.51. The van der Waals surface area contributed by atoms with Gasteiger partial charge in [0.05, 0.1) is 11.1 Å². The van der Waals surface area contributed by atoms with Crippen LogP contribution in [0.4, 0.5) is 0 Å². The first-order chi connectivity index (χ1) is 7.09. The molecular formula is C10H10Br2O3. The fraction of sp³-hybridized carbons (Fsp3) is 0.400. The van der Waals surface area contributed by atoms with E-state index in [1.165, 1.54) is 0 Å². The third-order valence-corrected chi connectivity index (χ3v) is 3.48. The summed E-state index contributed by atoms with van der Waals surface area (Å²) in [7, 11) is 0. The number of rotatable bonds is 3. The van der Waals surface area contributed by atoms with Crippen LogP contribution in [0.25, 0.3) is 0 Å². The van der Waals surface area contributed by atoms with Crippen LogP contribution < -0.4 is 4.74 Å². The lowest BCUT2D eigenvalue weighted by molar-refractivity contribution is 0.259. The van der Waals surface area contributed by atoms with Crippen molar-refractivity contribution in [3.63, 3.8) is 0 Å². The molecular weight excluding hydrogens is 328 g/mol. The van der Waals surface area contributed by atoms with Gasteiger partial charge in [0.2, 0.25) is 0 Å². The molecule has 15 heavy (non-hydrogen) atoms. The van der Waals surface area contributed by atoms with Crippen LogP contribution in [0.1, 0.15) is 5.56 Å². The number of halogens is 2. The molecule has 0 radical (unpaired) electrons. The van der Waals surface area contributed by atoms with E-state index >= 15 is 0 Å². The van der Waals surface area contributed by atoms with Gasteiger partial charge in [-0.3, -0.25) is 0 Å². The molecule has 0 saturated carbocycles. The van der Waals surface area contributed by atoms with E-state index in [9.17, 15) is 5.11 Å². The number of benzene rings is 1. The summed E-state index contributed by atoms with van der Waals surface area (Å²) in [6.45, 7) is 3.10. The first kappa shape index (κ1) is 11.2. The van der Waals surface area contributed by atoms with E-state index in [1.807, 2.05) is 13.0 Å². The monoisotopic (exact) mass is 336 g/mol. The first-order valence-corrected chi connectivity index (χ1v) is 6.10. The highest BCUT2D eigenvalue weighted by Crippen LogP contribution is 2.42. The maximum absolute atomic E-state index is 9.71. The van der Waals surface area contributed by atoms with E-state index in [4.69, 9.17) is 9.47 Å². The topological polar surface area (TPSA) is 42.0 Å². The molecule has 1 aromatic carbocycles. The standard InChI is InChI=1S/C10H10Br2O3/c1-5-2-7(11)10(8(12)9(5)13)15-4-6-3-14-6/h2,6,13H,3-4H2,1H3. The zero-order valence-corrected chi connectivity index (χ0v) is 11.3. The van der Waals surface area contributed by atoms with Crippen LogP contribution >= 0.6 is 31.9 Å². The minimum Gasteiger partial charge on any atom is -0.506 e. The summed E-state index contributed by atoms with van der Waals surface area (Å²) in [4.78, 5) is 0. The highest BCUT2D eigenvalue weighted by atomic mass is 79.9. The number of aryl methyl sites for hydroxylation is 1. The second kappa shape index (κ2) is 4.31. The predicted octanol–water partition coefficient (Wildman–Crippen LogP) is 3.00. The Morgan fingerprint density at radius 3 is 2.87 bits per heavy atom. The Balaban J connectivity index is 2.23. The molecule has 1 atom stereocenters. The maximum atomic E-state index is 9.71. The molecule has 5 heteroatoms. The maximum Gasteiger partial charge on any atom is 0.151 e. The number of ether oxygens (including phenoxy) is 2. The van der Waals surface area contributed by atoms with Crippen LogP contribution in [0.5, 0.6) is 11.5 Å². The zero-order valence-electron chi connectivity index (χ0n) is 8.09. The normalized spacial score (nSPS) is 19.0. The van der Waals surface area contributed by atoms with Gasteiger partial charge in [-0.25, -0.2) is 0 Å². The van der Waals surface area contributed by atoms with Gasteiger partial charge in [0.1, 0.15) is 22.9 Å². The molecule has 0 amide bonds. The van der Waals surface area contributed by atoms with Crippen molar-refractivity contribution in [1.29, 1.82) is 0 Å². The van der Waals surface area contributed by atoms with E-state index in [1.54, 1.807) is 0 Å². The van der Waals surface area contributed by atoms with E-state index in [-0.39, 0.29) is 11.9 Å². The number of epoxide rings is 1. The average molecular weight is 338 g/mol. The van der Waals surface area contributed by atoms with Crippen molar-refractivity contribution in [2.24, 2.45) is 0 Å². The molecule has 1 aliphatic rings. The fourth-order valence-corrected chi connectivity index (χ4v) is 2.75. The van der Waals surface area contributed by atoms with Gasteiger partial charge in [-0.1, -0.05) is 0 Å². The molecule has 3 nitrogen and oxygen atoms in total. The SMILES string of the molecule is Cc1cc(Br)c(OCC2CO2)c(Br)c1O. The van der Waals surface area contributed by atoms with Gasteiger partial charge < -0.3 is 14.6 Å². The van der Waals surface area contributed by atoms with Gasteiger partial charge >= 0.3 is 0 Å². The van der Waals surface area contributed by atoms with E-state index in [0.717, 1.165) is 16.6 Å². The summed E-state index contributed by atoms with van der Waals surface area (Å²) in [5.74, 6) is 0.832. The molecule has 0 aliphatic carbocycles. The third kappa shape index (κ3) is 2.46. The molecule has 2 rings (SSSR count). The Kier molecular flexibility index (Phi) is 3.23. The number of phenolic OH excluding ortho intramolecular Hbond substituents is 1. The number of aromatic hydroxyl groups is 1. The Bertz CT molecular complexity index is 389. The van der Waals surface area contributed by atoms with Gasteiger partial charge in [-0.2, -0.15) is 0 Å². The molecule has 0 aromatic heterocycles. The molecule has 0 bridgehead atoms. The van der Waals surface area contributed by atoms with Gasteiger partial charge in [0.25, 0.3) is 0 Å². The lowest BCUT2D eigenvalue weighted by Gasteiger charge is -2.12. The van der Waals surface area contributed by atoms with E-state index in [0.29, 0.717) is 16.8 Å². The summed E-state index contributed by atoms with van der Waals surface area (Å²) >= 11 is 6.70. The van der Waals surface area contributed by atoms with Gasteiger partial charge in [-0.15, -0.1) is 0 Å². The Morgan fingerprint density at radius 2 is 2.27 bits per heavy atom. The fourth-order valence-electron chi connectivity index (χ4n) is 1.18. The highest BCUT2D eigenvalue weighted by molar-refractivity contribution is 9.11. The van der Waals surface area contributed by atoms with E-state index in [2.05, 4.69) is 31.9 Å². The van der Waals surface area contributed by atoms with Crippen LogP contribution in [0.15, 0.2) is 15.0 Å². The minimum absolute atomic E-state index is 0.201. The van der Waals surface area contributed by atoms with Crippen molar-refractivity contribution >= 4 is 31.9 Å². The second-order valence-corrected chi connectivity index (χ2v) is 5.08. The van der Waals surface area contributed by atoms with Crippen LogP contribution in [0.2, 0.25) is 0 Å². The summed E-state index contributed by atoms with van der Waals surface area (Å²) in [5, 5.41) is 9.71.